The molecule has 1 amide bonds. The van der Waals surface area contributed by atoms with Crippen molar-refractivity contribution in [2.24, 2.45) is 17.8 Å². The third-order valence-electron chi connectivity index (χ3n) is 17.4. The van der Waals surface area contributed by atoms with Crippen LogP contribution in [0.3, 0.4) is 0 Å². The number of carbonyl (C=O) groups excluding carboxylic acids is 2. The number of hydrogen-bond acceptors (Lipinski definition) is 18. The molecule has 2 aromatic carbocycles. The van der Waals surface area contributed by atoms with Crippen molar-refractivity contribution in [3.05, 3.63) is 64.5 Å². The first-order chi connectivity index (χ1) is 37.5. The molecule has 4 aliphatic rings. The van der Waals surface area contributed by atoms with Gasteiger partial charge in [0.25, 0.3) is 0 Å². The number of carbonyl (C=O) groups is 2. The second-order valence-electron chi connectivity index (χ2n) is 23.9. The highest BCUT2D eigenvalue weighted by atomic mass is 35.5. The fourth-order valence-corrected chi connectivity index (χ4v) is 14.9. The number of benzene rings is 2. The van der Waals surface area contributed by atoms with Crippen LogP contribution in [0, 0.1) is 17.8 Å². The number of amides is 1. The average molecular weight is 1170 g/mol. The normalized spacial score (nSPS) is 37.7. The number of nitrogens with one attached hydrogen (secondary N) is 2. The molecule has 3 fully saturated rings. The Morgan fingerprint density at radius 2 is 1.64 bits per heavy atom. The monoisotopic (exact) mass is 1170 g/mol. The van der Waals surface area contributed by atoms with Crippen molar-refractivity contribution in [2.45, 2.75) is 195 Å². The predicted octanol–water partition coefficient (Wildman–Crippen LogP) is 7.20. The van der Waals surface area contributed by atoms with Gasteiger partial charge in [0.15, 0.2) is 12.6 Å². The number of cyclic esters (lactones) is 1. The van der Waals surface area contributed by atoms with E-state index in [-0.39, 0.29) is 56.3 Å². The maximum absolute atomic E-state index is 14.7. The van der Waals surface area contributed by atoms with Gasteiger partial charge in [-0.05, 0) is 137 Å². The van der Waals surface area contributed by atoms with Crippen LogP contribution in [0.1, 0.15) is 99.8 Å². The summed E-state index contributed by atoms with van der Waals surface area (Å²) in [4.78, 5) is 36.0. The van der Waals surface area contributed by atoms with Gasteiger partial charge in [-0.15, -0.1) is 11.3 Å². The van der Waals surface area contributed by atoms with Crippen LogP contribution in [0.25, 0.3) is 27.6 Å². The SMILES string of the molecule is CC[C@H]1OC(=O)[C@H](C)[C@@H](O[C@@H]2C[C@@](C)(OC)[C@](O)(CNCCNC(=O)/C=C/c3cc4c(s3)-c3ccccc3Sc3ccc(Cl)cc3-4)[C@@H](C)O2)[C@H](C)[C@@H](O[C@@H]2O[C@H](C)C[C@H](N(C)C)[C@H]2O)[C@](C)(O)C[C@@H](C)CN(C)[C@H](C)[C@@H](O)[C@]1(C)O. The van der Waals surface area contributed by atoms with Crippen LogP contribution in [-0.4, -0.2) is 191 Å². The van der Waals surface area contributed by atoms with Crippen molar-refractivity contribution < 1.29 is 63.5 Å². The van der Waals surface area contributed by atoms with Crippen molar-refractivity contribution in [1.29, 1.82) is 0 Å². The summed E-state index contributed by atoms with van der Waals surface area (Å²) in [6, 6.07) is 15.4. The highest BCUT2D eigenvalue weighted by Gasteiger charge is 2.58. The van der Waals surface area contributed by atoms with Crippen molar-refractivity contribution in [3.8, 4) is 21.6 Å². The molecule has 0 spiro atoms. The summed E-state index contributed by atoms with van der Waals surface area (Å²) in [6.45, 7) is 18.5. The highest BCUT2D eigenvalue weighted by Crippen LogP contribution is 2.52. The van der Waals surface area contributed by atoms with Gasteiger partial charge in [-0.1, -0.05) is 62.3 Å². The molecule has 18 atom stereocenters. The number of hydrogen-bond donors (Lipinski definition) is 7. The van der Waals surface area contributed by atoms with Gasteiger partial charge in [0.2, 0.25) is 5.91 Å². The predicted molar refractivity (Wildman–Crippen MR) is 312 cm³/mol. The van der Waals surface area contributed by atoms with Crippen LogP contribution in [0.15, 0.2) is 64.4 Å². The van der Waals surface area contributed by atoms with E-state index in [1.165, 1.54) is 20.1 Å². The number of thiophene rings is 1. The van der Waals surface area contributed by atoms with Crippen molar-refractivity contribution in [2.75, 3.05) is 54.4 Å². The zero-order chi connectivity index (χ0) is 58.8. The summed E-state index contributed by atoms with van der Waals surface area (Å²) in [7, 11) is 7.09. The molecule has 0 aliphatic carbocycles. The molecule has 0 bridgehead atoms. The Morgan fingerprint density at radius 1 is 0.938 bits per heavy atom. The lowest BCUT2D eigenvalue weighted by molar-refractivity contribution is -0.336. The Bertz CT molecular complexity index is 2620. The number of rotatable bonds is 14. The van der Waals surface area contributed by atoms with Gasteiger partial charge in [0.05, 0.1) is 35.9 Å². The number of aliphatic hydroxyl groups is 5. The van der Waals surface area contributed by atoms with Gasteiger partial charge in [0, 0.05) is 99.5 Å². The average Bonchev–Trinajstić information content (AvgIpc) is 3.98. The van der Waals surface area contributed by atoms with E-state index in [4.69, 9.17) is 40.0 Å². The molecular formula is C60H89ClN4O13S2. The number of methoxy groups -OCH3 is 1. The highest BCUT2D eigenvalue weighted by molar-refractivity contribution is 7.99. The minimum absolute atomic E-state index is 0.0104. The molecule has 446 valence electrons. The van der Waals surface area contributed by atoms with Crippen LogP contribution in [0.4, 0.5) is 0 Å². The molecular weight excluding hydrogens is 1080 g/mol. The Labute approximate surface area is 487 Å². The van der Waals surface area contributed by atoms with Crippen molar-refractivity contribution in [3.63, 3.8) is 0 Å². The number of esters is 1. The number of fused-ring (bicyclic) bond motifs is 5. The Balaban J connectivity index is 1.08. The summed E-state index contributed by atoms with van der Waals surface area (Å²) in [5, 5.41) is 67.7. The minimum atomic E-state index is -1.86. The molecule has 0 unspecified atom stereocenters. The molecule has 1 aromatic heterocycles. The number of ether oxygens (including phenoxy) is 6. The summed E-state index contributed by atoms with van der Waals surface area (Å²) in [5.74, 6) is -3.15. The zero-order valence-electron chi connectivity index (χ0n) is 49.1. The largest absolute Gasteiger partial charge is 0.459 e. The molecule has 80 heavy (non-hydrogen) atoms. The second-order valence-corrected chi connectivity index (χ2v) is 26.5. The quantitative estimate of drug-likeness (QED) is 0.0377. The number of halogens is 1. The molecule has 3 saturated heterocycles. The summed E-state index contributed by atoms with van der Waals surface area (Å²) >= 11 is 9.80. The van der Waals surface area contributed by atoms with Crippen LogP contribution in [0.2, 0.25) is 5.02 Å². The van der Waals surface area contributed by atoms with Gasteiger partial charge >= 0.3 is 5.97 Å². The van der Waals surface area contributed by atoms with Gasteiger partial charge in [-0.25, -0.2) is 0 Å². The van der Waals surface area contributed by atoms with Crippen molar-refractivity contribution in [1.82, 2.24) is 20.4 Å². The van der Waals surface area contributed by atoms with E-state index in [0.717, 1.165) is 36.2 Å². The molecule has 3 aromatic rings. The van der Waals surface area contributed by atoms with Gasteiger partial charge in [-0.2, -0.15) is 0 Å². The van der Waals surface area contributed by atoms with Crippen LogP contribution in [0.5, 0.6) is 0 Å². The van der Waals surface area contributed by atoms with Crippen molar-refractivity contribution >= 4 is 52.7 Å². The first-order valence-corrected chi connectivity index (χ1v) is 30.2. The lowest BCUT2D eigenvalue weighted by Crippen LogP contribution is -2.70. The molecule has 17 nitrogen and oxygen atoms in total. The Morgan fingerprint density at radius 3 is 2.33 bits per heavy atom. The van der Waals surface area contributed by atoms with Gasteiger partial charge in [-0.3, -0.25) is 9.59 Å². The fraction of sp³-hybridized carbons (Fsp3) is 0.667. The Hall–Kier alpha value is -3.06. The zero-order valence-corrected chi connectivity index (χ0v) is 51.5. The first-order valence-electron chi connectivity index (χ1n) is 28.2. The third-order valence-corrected chi connectivity index (χ3v) is 19.9. The number of likely N-dealkylation sites (N-methyl/N-ethyl adjacent to an activating group) is 2. The summed E-state index contributed by atoms with van der Waals surface area (Å²) in [6.07, 6.45) is -5.06. The molecule has 0 saturated carbocycles. The number of aliphatic hydroxyl groups excluding tert-OH is 2. The Kier molecular flexibility index (Phi) is 21.3. The van der Waals surface area contributed by atoms with E-state index >= 15 is 0 Å². The van der Waals surface area contributed by atoms with E-state index in [0.29, 0.717) is 24.5 Å². The van der Waals surface area contributed by atoms with Gasteiger partial charge in [0.1, 0.15) is 35.1 Å². The molecule has 0 radical (unpaired) electrons. The molecule has 7 rings (SSSR count). The van der Waals surface area contributed by atoms with Crippen LogP contribution >= 0.6 is 34.7 Å². The lowest BCUT2D eigenvalue weighted by atomic mass is 9.75. The lowest BCUT2D eigenvalue weighted by Gasteiger charge is -2.53. The van der Waals surface area contributed by atoms with Gasteiger partial charge < -0.3 is 74.4 Å². The molecule has 20 heteroatoms. The first kappa shape index (κ1) is 64.5. The summed E-state index contributed by atoms with van der Waals surface area (Å²) < 4.78 is 39.0. The fourth-order valence-electron chi connectivity index (χ4n) is 12.5. The summed E-state index contributed by atoms with van der Waals surface area (Å²) in [5.41, 5.74) is -3.19. The maximum Gasteiger partial charge on any atom is 0.311 e. The van der Waals surface area contributed by atoms with E-state index in [1.807, 2.05) is 88.1 Å². The van der Waals surface area contributed by atoms with E-state index in [1.54, 1.807) is 64.6 Å². The second kappa shape index (κ2) is 26.5. The standard InChI is InChI=1S/C60H89ClN4O13S2/c1-15-47-59(10,71)53(68)37(6)65(13)31-33(2)29-57(8,70)54(78-56-50(67)44(64(11)12)26-34(3)74-56)35(4)51(36(5)55(69)76-47)77-49-30-58(9,73-14)60(72,38(7)75-49)32-62-24-25-63-48(66)23-21-40-28-43-42-27-39(61)20-22-46(42)80-45-19-17-16-18-41(45)52(43)79-40/h16-23,27-28,33-38,44,47,49-51,53-54,56,62,67-68,70-72H,15,24-26,29-32H2,1-14H3,(H,63,66)/b23-21+/t33-,34-,35+,36-,37-,38-,44+,47-,49-,50-,51+,53-,54-,56+,57-,58-,59-,60+/m1/s1. The third kappa shape index (κ3) is 14.0. The minimum Gasteiger partial charge on any atom is -0.459 e. The molecule has 5 heterocycles. The van der Waals surface area contributed by atoms with Crippen LogP contribution in [-0.2, 0) is 38.0 Å². The van der Waals surface area contributed by atoms with Crippen LogP contribution < -0.4 is 10.6 Å². The van der Waals surface area contributed by atoms with E-state index < -0.39 is 95.5 Å². The number of nitrogens with zero attached hydrogens (tertiary/aromatic N) is 2. The topological polar surface area (TPSA) is 221 Å². The smallest absolute Gasteiger partial charge is 0.311 e. The van der Waals surface area contributed by atoms with E-state index in [9.17, 15) is 35.1 Å². The molecule has 7 N–H and O–H groups in total. The molecule has 4 aliphatic heterocycles. The maximum atomic E-state index is 14.7. The van der Waals surface area contributed by atoms with E-state index in [2.05, 4.69) is 28.8 Å².